The summed E-state index contributed by atoms with van der Waals surface area (Å²) in [7, 11) is -4.16. The number of nitrogens with zero attached hydrogens (tertiary/aromatic N) is 2. The fourth-order valence-electron chi connectivity index (χ4n) is 4.42. The van der Waals surface area contributed by atoms with Gasteiger partial charge in [-0.05, 0) is 75.6 Å². The Labute approximate surface area is 247 Å². The van der Waals surface area contributed by atoms with E-state index in [1.165, 1.54) is 17.0 Å². The van der Waals surface area contributed by atoms with Crippen LogP contribution in [0.4, 0.5) is 5.69 Å². The van der Waals surface area contributed by atoms with E-state index in [2.05, 4.69) is 5.32 Å². The van der Waals surface area contributed by atoms with E-state index in [4.69, 9.17) is 23.2 Å². The Hall–Kier alpha value is -3.07. The number of rotatable bonds is 11. The molecule has 7 nitrogen and oxygen atoms in total. The highest BCUT2D eigenvalue weighted by Crippen LogP contribution is 2.31. The SMILES string of the molecule is CCNC(=O)[C@@H](CC)N(Cc1c(Cl)cccc1Cl)C(=O)CN(c1cccc(C)c1C)S(=O)(=O)c1ccc(C)cc1. The molecule has 0 heterocycles. The number of amides is 2. The third-order valence-corrected chi connectivity index (χ3v) is 9.34. The van der Waals surface area contributed by atoms with E-state index in [1.807, 2.05) is 26.8 Å². The largest absolute Gasteiger partial charge is 0.355 e. The topological polar surface area (TPSA) is 86.8 Å². The zero-order valence-electron chi connectivity index (χ0n) is 23.4. The molecule has 1 atom stereocenters. The number of halogens is 2. The lowest BCUT2D eigenvalue weighted by Gasteiger charge is -2.34. The average molecular weight is 605 g/mol. The second-order valence-electron chi connectivity index (χ2n) is 9.58. The lowest BCUT2D eigenvalue weighted by molar-refractivity contribution is -0.140. The molecule has 0 unspecified atom stereocenters. The van der Waals surface area contributed by atoms with Crippen LogP contribution in [0.25, 0.3) is 0 Å². The molecule has 10 heteroatoms. The molecular weight excluding hydrogens is 569 g/mol. The molecule has 1 N–H and O–H groups in total. The maximum Gasteiger partial charge on any atom is 0.264 e. The van der Waals surface area contributed by atoms with Gasteiger partial charge in [-0.2, -0.15) is 0 Å². The van der Waals surface area contributed by atoms with Gasteiger partial charge in [0.25, 0.3) is 10.0 Å². The maximum atomic E-state index is 14.1. The standard InChI is InChI=1S/C30H35Cl2N3O4S/c1-6-27(30(37)33-7-2)34(18-24-25(31)11-9-12-26(24)32)29(36)19-35(28-13-8-10-21(4)22(28)5)40(38,39)23-16-14-20(3)15-17-23/h8-17,27H,6-7,18-19H2,1-5H3,(H,33,37)/t27-/m1/s1. The normalized spacial score (nSPS) is 12.1. The number of aryl methyl sites for hydroxylation is 2. The number of sulfonamides is 1. The number of hydrogen-bond donors (Lipinski definition) is 1. The van der Waals surface area contributed by atoms with Crippen LogP contribution in [0.5, 0.6) is 0 Å². The molecular formula is C30H35Cl2N3O4S. The van der Waals surface area contributed by atoms with Crippen molar-refractivity contribution >= 4 is 50.7 Å². The highest BCUT2D eigenvalue weighted by atomic mass is 35.5. The van der Waals surface area contributed by atoms with Crippen LogP contribution in [0.3, 0.4) is 0 Å². The summed E-state index contributed by atoms with van der Waals surface area (Å²) in [5, 5.41) is 3.46. The summed E-state index contributed by atoms with van der Waals surface area (Å²) in [4.78, 5) is 28.6. The molecule has 0 fully saturated rings. The Morgan fingerprint density at radius 1 is 0.900 bits per heavy atom. The van der Waals surface area contributed by atoms with Gasteiger partial charge in [-0.15, -0.1) is 0 Å². The number of anilines is 1. The van der Waals surface area contributed by atoms with Gasteiger partial charge in [0.1, 0.15) is 12.6 Å². The van der Waals surface area contributed by atoms with Crippen LogP contribution in [0, 0.1) is 20.8 Å². The molecule has 0 saturated heterocycles. The second-order valence-corrected chi connectivity index (χ2v) is 12.3. The van der Waals surface area contributed by atoms with Gasteiger partial charge in [0.05, 0.1) is 10.6 Å². The van der Waals surface area contributed by atoms with Crippen molar-refractivity contribution in [2.75, 3.05) is 17.4 Å². The van der Waals surface area contributed by atoms with E-state index < -0.39 is 28.5 Å². The van der Waals surface area contributed by atoms with Crippen molar-refractivity contribution in [2.45, 2.75) is 58.5 Å². The molecule has 0 aliphatic rings. The summed E-state index contributed by atoms with van der Waals surface area (Å²) in [6, 6.07) is 15.9. The molecule has 40 heavy (non-hydrogen) atoms. The maximum absolute atomic E-state index is 14.1. The Morgan fingerprint density at radius 3 is 2.08 bits per heavy atom. The molecule has 0 aliphatic heterocycles. The number of hydrogen-bond acceptors (Lipinski definition) is 4. The summed E-state index contributed by atoms with van der Waals surface area (Å²) in [6.07, 6.45) is 0.299. The Bertz CT molecular complexity index is 1460. The molecule has 0 saturated carbocycles. The highest BCUT2D eigenvalue weighted by Gasteiger charge is 2.34. The van der Waals surface area contributed by atoms with Crippen LogP contribution >= 0.6 is 23.2 Å². The summed E-state index contributed by atoms with van der Waals surface area (Å²) in [5.74, 6) is -0.910. The van der Waals surface area contributed by atoms with Crippen molar-refractivity contribution in [3.05, 3.63) is 93.0 Å². The van der Waals surface area contributed by atoms with Crippen molar-refractivity contribution in [2.24, 2.45) is 0 Å². The molecule has 0 radical (unpaired) electrons. The van der Waals surface area contributed by atoms with Crippen molar-refractivity contribution in [3.8, 4) is 0 Å². The summed E-state index contributed by atoms with van der Waals surface area (Å²) in [6.45, 7) is 8.92. The third-order valence-electron chi connectivity index (χ3n) is 6.86. The number of likely N-dealkylation sites (N-methyl/N-ethyl adjacent to an activating group) is 1. The number of benzene rings is 3. The van der Waals surface area contributed by atoms with Crippen molar-refractivity contribution in [1.29, 1.82) is 0 Å². The minimum Gasteiger partial charge on any atom is -0.355 e. The van der Waals surface area contributed by atoms with E-state index in [0.29, 0.717) is 34.3 Å². The predicted octanol–water partition coefficient (Wildman–Crippen LogP) is 6.06. The molecule has 214 valence electrons. The number of carbonyl (C=O) groups excluding carboxylic acids is 2. The number of carbonyl (C=O) groups is 2. The molecule has 0 aromatic heterocycles. The molecule has 3 rings (SSSR count). The van der Waals surface area contributed by atoms with Crippen molar-refractivity contribution < 1.29 is 18.0 Å². The monoisotopic (exact) mass is 603 g/mol. The fraction of sp³-hybridized carbons (Fsp3) is 0.333. The number of nitrogens with one attached hydrogen (secondary N) is 1. The van der Waals surface area contributed by atoms with E-state index in [9.17, 15) is 18.0 Å². The fourth-order valence-corrected chi connectivity index (χ4v) is 6.41. The molecule has 0 aliphatic carbocycles. The van der Waals surface area contributed by atoms with E-state index in [0.717, 1.165) is 21.0 Å². The Kier molecular flexibility index (Phi) is 10.6. The van der Waals surface area contributed by atoms with Gasteiger partial charge in [0.2, 0.25) is 11.8 Å². The highest BCUT2D eigenvalue weighted by molar-refractivity contribution is 7.92. The lowest BCUT2D eigenvalue weighted by atomic mass is 10.1. The van der Waals surface area contributed by atoms with Crippen LogP contribution in [-0.2, 0) is 26.2 Å². The lowest BCUT2D eigenvalue weighted by Crippen LogP contribution is -2.52. The van der Waals surface area contributed by atoms with E-state index in [-0.39, 0.29) is 17.3 Å². The average Bonchev–Trinajstić information content (AvgIpc) is 2.91. The first kappa shape index (κ1) is 31.5. The van der Waals surface area contributed by atoms with Gasteiger partial charge in [0, 0.05) is 28.7 Å². The quantitative estimate of drug-likeness (QED) is 0.289. The summed E-state index contributed by atoms with van der Waals surface area (Å²) in [5.41, 5.74) is 3.37. The minimum atomic E-state index is -4.16. The molecule has 3 aromatic rings. The first-order valence-electron chi connectivity index (χ1n) is 13.1. The van der Waals surface area contributed by atoms with Gasteiger partial charge in [-0.3, -0.25) is 13.9 Å². The van der Waals surface area contributed by atoms with Gasteiger partial charge in [-0.25, -0.2) is 8.42 Å². The summed E-state index contributed by atoms with van der Waals surface area (Å²) >= 11 is 12.9. The van der Waals surface area contributed by atoms with Crippen molar-refractivity contribution in [3.63, 3.8) is 0 Å². The molecule has 0 spiro atoms. The molecule has 2 amide bonds. The van der Waals surface area contributed by atoms with Crippen LogP contribution < -0.4 is 9.62 Å². The zero-order valence-corrected chi connectivity index (χ0v) is 25.7. The van der Waals surface area contributed by atoms with Crippen molar-refractivity contribution in [1.82, 2.24) is 10.2 Å². The third kappa shape index (κ3) is 6.97. The van der Waals surface area contributed by atoms with Crippen LogP contribution in [0.15, 0.2) is 65.6 Å². The zero-order chi connectivity index (χ0) is 29.6. The first-order chi connectivity index (χ1) is 18.9. The van der Waals surface area contributed by atoms with Gasteiger partial charge >= 0.3 is 0 Å². The Morgan fingerprint density at radius 2 is 1.50 bits per heavy atom. The minimum absolute atomic E-state index is 0.0586. The van der Waals surface area contributed by atoms with Crippen LogP contribution in [0.2, 0.25) is 10.0 Å². The van der Waals surface area contributed by atoms with E-state index in [1.54, 1.807) is 56.3 Å². The van der Waals surface area contributed by atoms with Crippen LogP contribution in [0.1, 0.15) is 42.5 Å². The molecule has 0 bridgehead atoms. The Balaban J connectivity index is 2.14. The predicted molar refractivity (Wildman–Crippen MR) is 161 cm³/mol. The second kappa shape index (κ2) is 13.5. The van der Waals surface area contributed by atoms with Gasteiger partial charge in [-0.1, -0.05) is 66.0 Å². The molecule has 3 aromatic carbocycles. The smallest absolute Gasteiger partial charge is 0.264 e. The van der Waals surface area contributed by atoms with Gasteiger partial charge in [0.15, 0.2) is 0 Å². The van der Waals surface area contributed by atoms with E-state index >= 15 is 0 Å². The van der Waals surface area contributed by atoms with Gasteiger partial charge < -0.3 is 10.2 Å². The van der Waals surface area contributed by atoms with Crippen LogP contribution in [-0.4, -0.2) is 44.3 Å². The summed E-state index contributed by atoms with van der Waals surface area (Å²) < 4.78 is 29.2. The first-order valence-corrected chi connectivity index (χ1v) is 15.3.